The number of carbonyl (C=O) groups is 1. The average Bonchev–Trinajstić information content (AvgIpc) is 3.16. The number of aromatic nitrogens is 2. The number of halogens is 3. The highest BCUT2D eigenvalue weighted by atomic mass is 19.4. The van der Waals surface area contributed by atoms with E-state index in [1.54, 1.807) is 0 Å². The predicted molar refractivity (Wildman–Crippen MR) is 113 cm³/mol. The summed E-state index contributed by atoms with van der Waals surface area (Å²) < 4.78 is 38.9. The second kappa shape index (κ2) is 8.47. The van der Waals surface area contributed by atoms with Gasteiger partial charge in [-0.3, -0.25) is 10.1 Å². The topological polar surface area (TPSA) is 57.8 Å². The van der Waals surface area contributed by atoms with Crippen LogP contribution >= 0.6 is 0 Å². The lowest BCUT2D eigenvalue weighted by Gasteiger charge is -2.08. The maximum atomic E-state index is 13.0. The first kappa shape index (κ1) is 20.4. The molecule has 1 aromatic heterocycles. The Morgan fingerprint density at radius 1 is 0.903 bits per heavy atom. The van der Waals surface area contributed by atoms with Gasteiger partial charge in [0.05, 0.1) is 11.3 Å². The van der Waals surface area contributed by atoms with E-state index >= 15 is 0 Å². The van der Waals surface area contributed by atoms with Gasteiger partial charge in [0.1, 0.15) is 0 Å². The molecule has 0 saturated heterocycles. The minimum absolute atomic E-state index is 0.0999. The first-order valence-corrected chi connectivity index (χ1v) is 9.57. The van der Waals surface area contributed by atoms with Crippen LogP contribution in [0.3, 0.4) is 0 Å². The number of H-pyrrole nitrogens is 1. The molecule has 0 radical (unpaired) electrons. The Bertz CT molecular complexity index is 1190. The third kappa shape index (κ3) is 4.83. The van der Waals surface area contributed by atoms with Gasteiger partial charge in [0.15, 0.2) is 0 Å². The predicted octanol–water partition coefficient (Wildman–Crippen LogP) is 5.94. The third-order valence-electron chi connectivity index (χ3n) is 4.73. The number of amides is 1. The molecule has 0 saturated carbocycles. The SMILES string of the molecule is O=C(Nc1nc(-c2ccccc2)c(Cc2ccccc2)[nH]1)c1cccc(C(F)(F)F)c1. The Hall–Kier alpha value is -3.87. The second-order valence-electron chi connectivity index (χ2n) is 6.97. The van der Waals surface area contributed by atoms with Gasteiger partial charge in [-0.1, -0.05) is 66.7 Å². The lowest BCUT2D eigenvalue weighted by atomic mass is 10.0. The van der Waals surface area contributed by atoms with E-state index in [0.717, 1.165) is 29.0 Å². The number of benzene rings is 3. The molecule has 1 heterocycles. The monoisotopic (exact) mass is 421 g/mol. The molecule has 4 aromatic rings. The molecule has 3 aromatic carbocycles. The normalized spacial score (nSPS) is 11.3. The number of anilines is 1. The van der Waals surface area contributed by atoms with Crippen molar-refractivity contribution in [1.82, 2.24) is 9.97 Å². The Labute approximate surface area is 176 Å². The molecular weight excluding hydrogens is 403 g/mol. The summed E-state index contributed by atoms with van der Waals surface area (Å²) in [5, 5.41) is 2.58. The van der Waals surface area contributed by atoms with Crippen LogP contribution in [0.5, 0.6) is 0 Å². The smallest absolute Gasteiger partial charge is 0.327 e. The molecule has 0 aliphatic carbocycles. The summed E-state index contributed by atoms with van der Waals surface area (Å²) in [7, 11) is 0. The average molecular weight is 421 g/mol. The van der Waals surface area contributed by atoms with Crippen LogP contribution in [0.4, 0.5) is 19.1 Å². The number of imidazole rings is 1. The molecule has 0 fully saturated rings. The molecule has 0 unspecified atom stereocenters. The standard InChI is InChI=1S/C24H18F3N3O/c25-24(26,27)19-13-7-12-18(15-19)22(31)30-23-28-20(14-16-8-3-1-4-9-16)21(29-23)17-10-5-2-6-11-17/h1-13,15H,14H2,(H2,28,29,30,31). The van der Waals surface area contributed by atoms with Crippen LogP contribution in [0, 0.1) is 0 Å². The lowest BCUT2D eigenvalue weighted by molar-refractivity contribution is -0.137. The van der Waals surface area contributed by atoms with E-state index in [9.17, 15) is 18.0 Å². The van der Waals surface area contributed by atoms with Crippen LogP contribution in [-0.4, -0.2) is 15.9 Å². The molecule has 7 heteroatoms. The molecule has 0 aliphatic rings. The van der Waals surface area contributed by atoms with Gasteiger partial charge in [-0.05, 0) is 23.8 Å². The maximum absolute atomic E-state index is 13.0. The fourth-order valence-corrected chi connectivity index (χ4v) is 3.25. The van der Waals surface area contributed by atoms with E-state index in [-0.39, 0.29) is 11.5 Å². The highest BCUT2D eigenvalue weighted by Gasteiger charge is 2.31. The van der Waals surface area contributed by atoms with Gasteiger partial charge >= 0.3 is 6.18 Å². The molecule has 0 spiro atoms. The number of rotatable bonds is 5. The maximum Gasteiger partial charge on any atom is 0.416 e. The summed E-state index contributed by atoms with van der Waals surface area (Å²) in [5.41, 5.74) is 2.40. The highest BCUT2D eigenvalue weighted by molar-refractivity contribution is 6.03. The van der Waals surface area contributed by atoms with Crippen LogP contribution in [0.1, 0.15) is 27.2 Å². The highest BCUT2D eigenvalue weighted by Crippen LogP contribution is 2.30. The van der Waals surface area contributed by atoms with E-state index in [4.69, 9.17) is 0 Å². The van der Waals surface area contributed by atoms with Crippen molar-refractivity contribution in [2.24, 2.45) is 0 Å². The van der Waals surface area contributed by atoms with Crippen molar-refractivity contribution >= 4 is 11.9 Å². The van der Waals surface area contributed by atoms with Gasteiger partial charge < -0.3 is 4.98 Å². The van der Waals surface area contributed by atoms with Crippen LogP contribution < -0.4 is 5.32 Å². The zero-order valence-corrected chi connectivity index (χ0v) is 16.3. The molecule has 1 amide bonds. The molecule has 0 aliphatic heterocycles. The van der Waals surface area contributed by atoms with E-state index in [0.29, 0.717) is 12.1 Å². The van der Waals surface area contributed by atoms with Gasteiger partial charge in [-0.2, -0.15) is 13.2 Å². The van der Waals surface area contributed by atoms with Crippen molar-refractivity contribution in [3.05, 3.63) is 107 Å². The Morgan fingerprint density at radius 2 is 1.58 bits per heavy atom. The van der Waals surface area contributed by atoms with Gasteiger partial charge in [0.2, 0.25) is 5.95 Å². The molecule has 156 valence electrons. The molecular formula is C24H18F3N3O. The van der Waals surface area contributed by atoms with Crippen LogP contribution in [0.2, 0.25) is 0 Å². The van der Waals surface area contributed by atoms with Crippen molar-refractivity contribution in [2.45, 2.75) is 12.6 Å². The fraction of sp³-hybridized carbons (Fsp3) is 0.0833. The van der Waals surface area contributed by atoms with Crippen LogP contribution in [0.25, 0.3) is 11.3 Å². The molecule has 0 bridgehead atoms. The van der Waals surface area contributed by atoms with E-state index in [1.807, 2.05) is 60.7 Å². The van der Waals surface area contributed by atoms with Gasteiger partial charge in [0, 0.05) is 23.2 Å². The first-order chi connectivity index (χ1) is 14.9. The number of hydrogen-bond acceptors (Lipinski definition) is 2. The number of nitrogens with zero attached hydrogens (tertiary/aromatic N) is 1. The first-order valence-electron chi connectivity index (χ1n) is 9.57. The van der Waals surface area contributed by atoms with Crippen molar-refractivity contribution in [3.8, 4) is 11.3 Å². The lowest BCUT2D eigenvalue weighted by Crippen LogP contribution is -2.14. The number of aromatic amines is 1. The van der Waals surface area contributed by atoms with Gasteiger partial charge in [-0.15, -0.1) is 0 Å². The number of hydrogen-bond donors (Lipinski definition) is 2. The van der Waals surface area contributed by atoms with E-state index in [2.05, 4.69) is 15.3 Å². The zero-order valence-electron chi connectivity index (χ0n) is 16.3. The van der Waals surface area contributed by atoms with Crippen molar-refractivity contribution < 1.29 is 18.0 Å². The fourth-order valence-electron chi connectivity index (χ4n) is 3.25. The van der Waals surface area contributed by atoms with Gasteiger partial charge in [-0.25, -0.2) is 4.98 Å². The zero-order chi connectivity index (χ0) is 21.8. The molecule has 4 nitrogen and oxygen atoms in total. The van der Waals surface area contributed by atoms with Crippen molar-refractivity contribution in [3.63, 3.8) is 0 Å². The number of carbonyl (C=O) groups excluding carboxylic acids is 1. The summed E-state index contributed by atoms with van der Waals surface area (Å²) in [6, 6.07) is 23.5. The van der Waals surface area contributed by atoms with Crippen LogP contribution in [0.15, 0.2) is 84.9 Å². The van der Waals surface area contributed by atoms with Gasteiger partial charge in [0.25, 0.3) is 5.91 Å². The minimum Gasteiger partial charge on any atom is -0.327 e. The number of nitrogens with one attached hydrogen (secondary N) is 2. The third-order valence-corrected chi connectivity index (χ3v) is 4.73. The Morgan fingerprint density at radius 3 is 2.26 bits per heavy atom. The van der Waals surface area contributed by atoms with E-state index in [1.165, 1.54) is 12.1 Å². The largest absolute Gasteiger partial charge is 0.416 e. The molecule has 4 rings (SSSR count). The Balaban J connectivity index is 1.64. The summed E-state index contributed by atoms with van der Waals surface area (Å²) >= 11 is 0. The molecule has 2 N–H and O–H groups in total. The molecule has 31 heavy (non-hydrogen) atoms. The van der Waals surface area contributed by atoms with Crippen LogP contribution in [-0.2, 0) is 12.6 Å². The molecule has 0 atom stereocenters. The summed E-state index contributed by atoms with van der Waals surface area (Å²) in [5.74, 6) is -0.502. The number of alkyl halides is 3. The quantitative estimate of drug-likeness (QED) is 0.419. The van der Waals surface area contributed by atoms with Crippen molar-refractivity contribution in [2.75, 3.05) is 5.32 Å². The Kier molecular flexibility index (Phi) is 5.58. The van der Waals surface area contributed by atoms with E-state index < -0.39 is 17.6 Å². The summed E-state index contributed by atoms with van der Waals surface area (Å²) in [4.78, 5) is 20.2. The summed E-state index contributed by atoms with van der Waals surface area (Å²) in [6.45, 7) is 0. The van der Waals surface area contributed by atoms with Crippen molar-refractivity contribution in [1.29, 1.82) is 0 Å². The minimum atomic E-state index is -4.52. The summed E-state index contributed by atoms with van der Waals surface area (Å²) in [6.07, 6.45) is -3.97. The second-order valence-corrected chi connectivity index (χ2v) is 6.97.